The van der Waals surface area contributed by atoms with Crippen LogP contribution in [0, 0.1) is 5.92 Å². The molecule has 34 heavy (non-hydrogen) atoms. The minimum atomic E-state index is -0.107. The number of halogens is 1. The van der Waals surface area contributed by atoms with Crippen LogP contribution in [0.5, 0.6) is 11.5 Å². The standard InChI is InChI=1S/C24H27N5O4.ClH/c1-2-31-24(30)16-7-9-29(10-8-16)23-18-5-4-17(25)12-19(18)22(27-28-23)26-13-15-3-6-20-21(11-15)33-14-32-20;/h3-6,11-12,16H,2,7-10,13-14,25H2,1H3,(H,26,27);1H. The molecule has 3 aromatic rings. The largest absolute Gasteiger partial charge is 0.466 e. The lowest BCUT2D eigenvalue weighted by Crippen LogP contribution is -2.37. The van der Waals surface area contributed by atoms with Crippen LogP contribution < -0.4 is 25.4 Å². The summed E-state index contributed by atoms with van der Waals surface area (Å²) < 4.78 is 16.0. The summed E-state index contributed by atoms with van der Waals surface area (Å²) in [5.41, 5.74) is 7.80. The fraction of sp³-hybridized carbons (Fsp3) is 0.375. The molecule has 5 rings (SSSR count). The minimum Gasteiger partial charge on any atom is -0.466 e. The maximum atomic E-state index is 12.1. The van der Waals surface area contributed by atoms with Crippen molar-refractivity contribution in [3.05, 3.63) is 42.0 Å². The smallest absolute Gasteiger partial charge is 0.309 e. The Morgan fingerprint density at radius 2 is 1.91 bits per heavy atom. The van der Waals surface area contributed by atoms with Crippen LogP contribution in [0.2, 0.25) is 0 Å². The van der Waals surface area contributed by atoms with Gasteiger partial charge in [0.25, 0.3) is 0 Å². The van der Waals surface area contributed by atoms with E-state index in [4.69, 9.17) is 19.9 Å². The normalized spacial score (nSPS) is 15.1. The Hall–Kier alpha value is -3.46. The highest BCUT2D eigenvalue weighted by atomic mass is 35.5. The molecule has 0 bridgehead atoms. The maximum absolute atomic E-state index is 12.1. The van der Waals surface area contributed by atoms with Crippen LogP contribution in [0.3, 0.4) is 0 Å². The maximum Gasteiger partial charge on any atom is 0.309 e. The summed E-state index contributed by atoms with van der Waals surface area (Å²) in [4.78, 5) is 14.3. The number of ether oxygens (including phenoxy) is 3. The van der Waals surface area contributed by atoms with Gasteiger partial charge in [0.05, 0.1) is 12.5 Å². The van der Waals surface area contributed by atoms with Gasteiger partial charge in [0.2, 0.25) is 6.79 Å². The molecule has 0 atom stereocenters. The van der Waals surface area contributed by atoms with Crippen molar-refractivity contribution in [3.8, 4) is 11.5 Å². The third kappa shape index (κ3) is 4.75. The van der Waals surface area contributed by atoms with Gasteiger partial charge in [0.1, 0.15) is 0 Å². The van der Waals surface area contributed by atoms with Gasteiger partial charge in [-0.1, -0.05) is 6.07 Å². The van der Waals surface area contributed by atoms with E-state index in [-0.39, 0.29) is 31.1 Å². The zero-order chi connectivity index (χ0) is 22.8. The predicted octanol–water partition coefficient (Wildman–Crippen LogP) is 3.75. The van der Waals surface area contributed by atoms with Gasteiger partial charge < -0.3 is 30.2 Å². The first-order chi connectivity index (χ1) is 16.1. The van der Waals surface area contributed by atoms with Gasteiger partial charge >= 0.3 is 5.97 Å². The van der Waals surface area contributed by atoms with Gasteiger partial charge in [0, 0.05) is 36.1 Å². The van der Waals surface area contributed by atoms with Crippen molar-refractivity contribution in [2.75, 3.05) is 42.4 Å². The number of nitrogens with zero attached hydrogens (tertiary/aromatic N) is 3. The van der Waals surface area contributed by atoms with E-state index in [0.29, 0.717) is 24.7 Å². The fourth-order valence-electron chi connectivity index (χ4n) is 4.35. The zero-order valence-electron chi connectivity index (χ0n) is 19.0. The van der Waals surface area contributed by atoms with Crippen molar-refractivity contribution >= 4 is 46.5 Å². The van der Waals surface area contributed by atoms with Crippen molar-refractivity contribution < 1.29 is 19.0 Å². The predicted molar refractivity (Wildman–Crippen MR) is 133 cm³/mol. The molecule has 0 spiro atoms. The monoisotopic (exact) mass is 485 g/mol. The highest BCUT2D eigenvalue weighted by Crippen LogP contribution is 2.34. The van der Waals surface area contributed by atoms with Crippen LogP contribution in [-0.2, 0) is 16.1 Å². The average molecular weight is 486 g/mol. The highest BCUT2D eigenvalue weighted by molar-refractivity contribution is 6.00. The molecule has 2 aromatic carbocycles. The number of nitrogens with two attached hydrogens (primary N) is 1. The number of anilines is 3. The van der Waals surface area contributed by atoms with Crippen molar-refractivity contribution in [3.63, 3.8) is 0 Å². The van der Waals surface area contributed by atoms with E-state index >= 15 is 0 Å². The van der Waals surface area contributed by atoms with Crippen LogP contribution in [0.4, 0.5) is 17.3 Å². The molecule has 180 valence electrons. The van der Waals surface area contributed by atoms with Gasteiger partial charge in [-0.15, -0.1) is 22.6 Å². The van der Waals surface area contributed by atoms with Gasteiger partial charge in [-0.2, -0.15) is 0 Å². The number of esters is 1. The molecule has 3 heterocycles. The molecule has 0 saturated carbocycles. The molecule has 1 aromatic heterocycles. The van der Waals surface area contributed by atoms with Gasteiger partial charge in [-0.05, 0) is 55.7 Å². The first-order valence-corrected chi connectivity index (χ1v) is 11.2. The molecule has 1 saturated heterocycles. The lowest BCUT2D eigenvalue weighted by atomic mass is 9.96. The number of nitrogens with one attached hydrogen (secondary N) is 1. The Balaban J connectivity index is 0.00000274. The number of piperidine rings is 1. The van der Waals surface area contributed by atoms with E-state index in [1.807, 2.05) is 43.3 Å². The first kappa shape index (κ1) is 23.7. The van der Waals surface area contributed by atoms with E-state index < -0.39 is 0 Å². The summed E-state index contributed by atoms with van der Waals surface area (Å²) in [6, 6.07) is 11.6. The van der Waals surface area contributed by atoms with Crippen molar-refractivity contribution in [1.29, 1.82) is 0 Å². The summed E-state index contributed by atoms with van der Waals surface area (Å²) in [5, 5.41) is 14.3. The van der Waals surface area contributed by atoms with Crippen LogP contribution >= 0.6 is 12.4 Å². The van der Waals surface area contributed by atoms with E-state index in [0.717, 1.165) is 59.6 Å². The molecule has 9 nitrogen and oxygen atoms in total. The second-order valence-corrected chi connectivity index (χ2v) is 8.23. The Labute approximate surface area is 204 Å². The molecule has 3 N–H and O–H groups in total. The minimum absolute atomic E-state index is 0. The number of hydrogen-bond acceptors (Lipinski definition) is 9. The average Bonchev–Trinajstić information content (AvgIpc) is 3.31. The quantitative estimate of drug-likeness (QED) is 0.398. The zero-order valence-corrected chi connectivity index (χ0v) is 19.8. The second-order valence-electron chi connectivity index (χ2n) is 8.23. The highest BCUT2D eigenvalue weighted by Gasteiger charge is 2.28. The number of hydrogen-bond donors (Lipinski definition) is 2. The number of fused-ring (bicyclic) bond motifs is 2. The summed E-state index contributed by atoms with van der Waals surface area (Å²) >= 11 is 0. The third-order valence-electron chi connectivity index (χ3n) is 6.10. The number of benzene rings is 2. The lowest BCUT2D eigenvalue weighted by Gasteiger charge is -2.32. The molecule has 2 aliphatic rings. The first-order valence-electron chi connectivity index (χ1n) is 11.2. The number of nitrogen functional groups attached to an aromatic ring is 1. The van der Waals surface area contributed by atoms with Gasteiger partial charge in [0.15, 0.2) is 23.1 Å². The Morgan fingerprint density at radius 1 is 1.12 bits per heavy atom. The molecule has 0 amide bonds. The third-order valence-corrected chi connectivity index (χ3v) is 6.10. The lowest BCUT2D eigenvalue weighted by molar-refractivity contribution is -0.148. The molecular weight excluding hydrogens is 458 g/mol. The van der Waals surface area contributed by atoms with Crippen LogP contribution in [0.1, 0.15) is 25.3 Å². The summed E-state index contributed by atoms with van der Waals surface area (Å²) in [5.74, 6) is 2.81. The topological polar surface area (TPSA) is 112 Å². The summed E-state index contributed by atoms with van der Waals surface area (Å²) in [6.07, 6.45) is 1.47. The molecule has 2 aliphatic heterocycles. The SMILES string of the molecule is CCOC(=O)C1CCN(c2nnc(NCc3ccc4c(c3)OCO4)c3cc(N)ccc23)CC1.Cl. The molecule has 0 unspecified atom stereocenters. The Bertz CT molecular complexity index is 1180. The number of carbonyl (C=O) groups is 1. The molecule has 0 aliphatic carbocycles. The van der Waals surface area contributed by atoms with E-state index in [2.05, 4.69) is 20.4 Å². The van der Waals surface area contributed by atoms with Crippen molar-refractivity contribution in [1.82, 2.24) is 10.2 Å². The van der Waals surface area contributed by atoms with E-state index in [1.54, 1.807) is 0 Å². The second kappa shape index (κ2) is 10.2. The van der Waals surface area contributed by atoms with Gasteiger partial charge in [-0.3, -0.25) is 4.79 Å². The molecule has 1 fully saturated rings. The number of rotatable bonds is 6. The van der Waals surface area contributed by atoms with Crippen LogP contribution in [0.25, 0.3) is 10.8 Å². The van der Waals surface area contributed by atoms with Crippen LogP contribution in [0.15, 0.2) is 36.4 Å². The summed E-state index contributed by atoms with van der Waals surface area (Å²) in [6.45, 7) is 4.50. The Morgan fingerprint density at radius 3 is 2.71 bits per heavy atom. The van der Waals surface area contributed by atoms with E-state index in [9.17, 15) is 4.79 Å². The summed E-state index contributed by atoms with van der Waals surface area (Å²) in [7, 11) is 0. The molecular formula is C24H28ClN5O4. The van der Waals surface area contributed by atoms with Crippen molar-refractivity contribution in [2.24, 2.45) is 5.92 Å². The molecule has 0 radical (unpaired) electrons. The van der Waals surface area contributed by atoms with Crippen molar-refractivity contribution in [2.45, 2.75) is 26.3 Å². The van der Waals surface area contributed by atoms with Gasteiger partial charge in [-0.25, -0.2) is 0 Å². The number of carbonyl (C=O) groups excluding carboxylic acids is 1. The fourth-order valence-corrected chi connectivity index (χ4v) is 4.35. The molecule has 10 heteroatoms. The van der Waals surface area contributed by atoms with Crippen LogP contribution in [-0.4, -0.2) is 42.7 Å². The Kier molecular flexibility index (Phi) is 7.12. The van der Waals surface area contributed by atoms with E-state index in [1.165, 1.54) is 0 Å². The number of aromatic nitrogens is 2.